The molecule has 0 fully saturated rings. The number of para-hydroxylation sites is 1. The van der Waals surface area contributed by atoms with Gasteiger partial charge in [0.1, 0.15) is 0 Å². The number of carbonyl (C=O) groups excluding carboxylic acids is 2. The number of rotatable bonds is 3. The summed E-state index contributed by atoms with van der Waals surface area (Å²) in [7, 11) is 0. The molecule has 3 N–H and O–H groups in total. The van der Waals surface area contributed by atoms with E-state index < -0.39 is 5.91 Å². The number of primary amides is 1. The molecule has 7 nitrogen and oxygen atoms in total. The number of nitrogens with one attached hydrogen (secondary N) is 1. The number of hydrogen-bond acceptors (Lipinski definition) is 3. The van der Waals surface area contributed by atoms with Crippen LogP contribution in [0.2, 0.25) is 5.02 Å². The van der Waals surface area contributed by atoms with Crippen molar-refractivity contribution in [3.8, 4) is 5.69 Å². The van der Waals surface area contributed by atoms with Crippen LogP contribution in [-0.4, -0.2) is 26.6 Å². The molecule has 136 valence electrons. The Balaban J connectivity index is 1.51. The number of halogens is 1. The highest BCUT2D eigenvalue weighted by molar-refractivity contribution is 6.34. The fraction of sp³-hybridized carbons (Fsp3) is 0.105. The third kappa shape index (κ3) is 3.24. The second kappa shape index (κ2) is 6.77. The molecule has 2 heterocycles. The molecule has 0 saturated carbocycles. The van der Waals surface area contributed by atoms with Gasteiger partial charge in [0, 0.05) is 11.3 Å². The number of fused-ring (bicyclic) bond motifs is 1. The number of anilines is 1. The number of urea groups is 1. The number of nitrogens with two attached hydrogens (primary N) is 1. The Labute approximate surface area is 160 Å². The molecule has 3 aromatic rings. The van der Waals surface area contributed by atoms with E-state index in [4.69, 9.17) is 17.3 Å². The van der Waals surface area contributed by atoms with Gasteiger partial charge in [-0.3, -0.25) is 4.79 Å². The first-order chi connectivity index (χ1) is 13.0. The summed E-state index contributed by atoms with van der Waals surface area (Å²) in [5.74, 6) is -0.646. The first-order valence-electron chi connectivity index (χ1n) is 8.29. The molecular weight excluding hydrogens is 366 g/mol. The summed E-state index contributed by atoms with van der Waals surface area (Å²) < 4.78 is 1.84. The Kier molecular flexibility index (Phi) is 4.29. The molecule has 8 heteroatoms. The molecule has 1 aliphatic rings. The van der Waals surface area contributed by atoms with Gasteiger partial charge in [-0.2, -0.15) is 5.10 Å². The minimum absolute atomic E-state index is 0.166. The van der Waals surface area contributed by atoms with Gasteiger partial charge in [-0.1, -0.05) is 29.8 Å². The van der Waals surface area contributed by atoms with E-state index in [1.807, 2.05) is 35.0 Å². The van der Waals surface area contributed by atoms with Gasteiger partial charge in [-0.15, -0.1) is 0 Å². The van der Waals surface area contributed by atoms with Gasteiger partial charge in [0.05, 0.1) is 41.3 Å². The monoisotopic (exact) mass is 381 g/mol. The summed E-state index contributed by atoms with van der Waals surface area (Å²) in [6, 6.07) is 14.1. The van der Waals surface area contributed by atoms with E-state index in [9.17, 15) is 9.59 Å². The number of hydrogen-bond donors (Lipinski definition) is 2. The Morgan fingerprint density at radius 2 is 1.89 bits per heavy atom. The molecule has 27 heavy (non-hydrogen) atoms. The van der Waals surface area contributed by atoms with Crippen molar-refractivity contribution in [2.45, 2.75) is 13.1 Å². The molecule has 0 radical (unpaired) electrons. The fourth-order valence-corrected chi connectivity index (χ4v) is 3.29. The summed E-state index contributed by atoms with van der Waals surface area (Å²) in [5.41, 5.74) is 8.85. The van der Waals surface area contributed by atoms with E-state index in [0.29, 0.717) is 18.8 Å². The summed E-state index contributed by atoms with van der Waals surface area (Å²) in [4.78, 5) is 25.7. The average Bonchev–Trinajstić information content (AvgIpc) is 3.24. The minimum atomic E-state index is -0.646. The van der Waals surface area contributed by atoms with Gasteiger partial charge in [-0.25, -0.2) is 9.48 Å². The van der Waals surface area contributed by atoms with Gasteiger partial charge in [0.25, 0.3) is 0 Å². The Hall–Kier alpha value is -3.32. The summed E-state index contributed by atoms with van der Waals surface area (Å²) in [6.07, 6.45) is 1.78. The predicted molar refractivity (Wildman–Crippen MR) is 102 cm³/mol. The number of aromatic nitrogens is 2. The lowest BCUT2D eigenvalue weighted by Gasteiger charge is -2.17. The van der Waals surface area contributed by atoms with E-state index in [0.717, 1.165) is 16.9 Å². The van der Waals surface area contributed by atoms with Crippen LogP contribution in [0, 0.1) is 0 Å². The van der Waals surface area contributed by atoms with Crippen molar-refractivity contribution in [1.29, 1.82) is 0 Å². The molecule has 0 atom stereocenters. The second-order valence-corrected chi connectivity index (χ2v) is 6.62. The predicted octanol–water partition coefficient (Wildman–Crippen LogP) is 3.17. The molecule has 0 spiro atoms. The maximum Gasteiger partial charge on any atom is 0.322 e. The van der Waals surface area contributed by atoms with Gasteiger partial charge in [-0.05, 0) is 30.3 Å². The topological polar surface area (TPSA) is 93.2 Å². The Bertz CT molecular complexity index is 1030. The first kappa shape index (κ1) is 17.1. The van der Waals surface area contributed by atoms with Crippen LogP contribution in [-0.2, 0) is 13.1 Å². The summed E-state index contributed by atoms with van der Waals surface area (Å²) in [5, 5.41) is 7.45. The molecule has 0 unspecified atom stereocenters. The summed E-state index contributed by atoms with van der Waals surface area (Å²) in [6.45, 7) is 0.899. The van der Waals surface area contributed by atoms with Crippen LogP contribution in [0.1, 0.15) is 21.6 Å². The average molecular weight is 382 g/mol. The molecule has 0 bridgehead atoms. The molecule has 1 aromatic heterocycles. The SMILES string of the molecule is NC(=O)c1cc(NC(=O)N2Cc3cnn(-c4ccccc4)c3C2)ccc1Cl. The molecular formula is C19H16ClN5O2. The Morgan fingerprint density at radius 3 is 2.63 bits per heavy atom. The molecule has 0 aliphatic carbocycles. The van der Waals surface area contributed by atoms with Gasteiger partial charge >= 0.3 is 6.03 Å². The fourth-order valence-electron chi connectivity index (χ4n) is 3.08. The van der Waals surface area contributed by atoms with Crippen LogP contribution in [0.15, 0.2) is 54.7 Å². The van der Waals surface area contributed by atoms with Crippen LogP contribution in [0.4, 0.5) is 10.5 Å². The van der Waals surface area contributed by atoms with Crippen LogP contribution in [0.25, 0.3) is 5.69 Å². The third-order valence-corrected chi connectivity index (χ3v) is 4.76. The molecule has 0 saturated heterocycles. The minimum Gasteiger partial charge on any atom is -0.366 e. The molecule has 1 aliphatic heterocycles. The normalized spacial score (nSPS) is 12.7. The van der Waals surface area contributed by atoms with Crippen molar-refractivity contribution in [3.63, 3.8) is 0 Å². The standard InChI is InChI=1S/C19H16ClN5O2/c20-16-7-6-13(8-15(16)18(21)26)23-19(27)24-10-12-9-22-25(17(12)11-24)14-4-2-1-3-5-14/h1-9H,10-11H2,(H2,21,26)(H,23,27). The van der Waals surface area contributed by atoms with Crippen molar-refractivity contribution < 1.29 is 9.59 Å². The van der Waals surface area contributed by atoms with E-state index in [1.54, 1.807) is 17.2 Å². The Morgan fingerprint density at radius 1 is 1.11 bits per heavy atom. The molecule has 3 amide bonds. The van der Waals surface area contributed by atoms with E-state index in [2.05, 4.69) is 10.4 Å². The maximum absolute atomic E-state index is 12.6. The lowest BCUT2D eigenvalue weighted by atomic mass is 10.2. The van der Waals surface area contributed by atoms with Crippen molar-refractivity contribution >= 4 is 29.2 Å². The lowest BCUT2D eigenvalue weighted by Crippen LogP contribution is -2.31. The van der Waals surface area contributed by atoms with E-state index in [-0.39, 0.29) is 16.6 Å². The highest BCUT2D eigenvalue weighted by atomic mass is 35.5. The van der Waals surface area contributed by atoms with Crippen molar-refractivity contribution in [3.05, 3.63) is 76.6 Å². The molecule has 4 rings (SSSR count). The lowest BCUT2D eigenvalue weighted by molar-refractivity contribution is 0.100. The quantitative estimate of drug-likeness (QED) is 0.729. The van der Waals surface area contributed by atoms with Crippen molar-refractivity contribution in [2.24, 2.45) is 5.73 Å². The number of nitrogens with zero attached hydrogens (tertiary/aromatic N) is 3. The van der Waals surface area contributed by atoms with E-state index >= 15 is 0 Å². The number of benzene rings is 2. The van der Waals surface area contributed by atoms with Gasteiger partial charge in [0.15, 0.2) is 0 Å². The smallest absolute Gasteiger partial charge is 0.322 e. The highest BCUT2D eigenvalue weighted by Gasteiger charge is 2.27. The zero-order valence-electron chi connectivity index (χ0n) is 14.2. The van der Waals surface area contributed by atoms with E-state index in [1.165, 1.54) is 12.1 Å². The van der Waals surface area contributed by atoms with Crippen LogP contribution >= 0.6 is 11.6 Å². The largest absolute Gasteiger partial charge is 0.366 e. The highest BCUT2D eigenvalue weighted by Crippen LogP contribution is 2.26. The van der Waals surface area contributed by atoms with Crippen molar-refractivity contribution in [2.75, 3.05) is 5.32 Å². The maximum atomic E-state index is 12.6. The van der Waals surface area contributed by atoms with Gasteiger partial charge < -0.3 is 16.0 Å². The third-order valence-electron chi connectivity index (χ3n) is 4.43. The van der Waals surface area contributed by atoms with Crippen molar-refractivity contribution in [1.82, 2.24) is 14.7 Å². The first-order valence-corrected chi connectivity index (χ1v) is 8.67. The van der Waals surface area contributed by atoms with Gasteiger partial charge in [0.2, 0.25) is 5.91 Å². The van der Waals surface area contributed by atoms with Crippen LogP contribution < -0.4 is 11.1 Å². The number of amides is 3. The van der Waals surface area contributed by atoms with Crippen LogP contribution in [0.3, 0.4) is 0 Å². The summed E-state index contributed by atoms with van der Waals surface area (Å²) >= 11 is 5.94. The zero-order valence-corrected chi connectivity index (χ0v) is 15.0. The second-order valence-electron chi connectivity index (χ2n) is 6.21. The van der Waals surface area contributed by atoms with Crippen LogP contribution in [0.5, 0.6) is 0 Å². The number of carbonyl (C=O) groups is 2. The zero-order chi connectivity index (χ0) is 19.0. The molecule has 2 aromatic carbocycles.